The number of H-pyrrole nitrogens is 1. The number of halogens is 5. The van der Waals surface area contributed by atoms with Crippen molar-refractivity contribution >= 4 is 28.1 Å². The number of pyridine rings is 2. The van der Waals surface area contributed by atoms with Crippen molar-refractivity contribution in [1.82, 2.24) is 30.2 Å². The van der Waals surface area contributed by atoms with E-state index < -0.39 is 29.8 Å². The first kappa shape index (κ1) is 26.7. The number of nitrogens with zero attached hydrogens (tertiary/aromatic N) is 4. The first-order valence-corrected chi connectivity index (χ1v) is 12.9. The average molecular weight is 570 g/mol. The van der Waals surface area contributed by atoms with E-state index in [1.54, 1.807) is 41.7 Å². The highest BCUT2D eigenvalue weighted by atomic mass is 19.4. The molecule has 0 aliphatic carbocycles. The third-order valence-electron chi connectivity index (χ3n) is 7.25. The van der Waals surface area contributed by atoms with Crippen LogP contribution in [0, 0.1) is 11.6 Å². The number of carbonyl (C=O) groups is 1. The number of hydrogen-bond acceptors (Lipinski definition) is 5. The van der Waals surface area contributed by atoms with E-state index in [1.165, 1.54) is 10.7 Å². The fourth-order valence-corrected chi connectivity index (χ4v) is 4.96. The molecule has 8 nitrogen and oxygen atoms in total. The van der Waals surface area contributed by atoms with Gasteiger partial charge in [-0.1, -0.05) is 0 Å². The molecule has 1 atom stereocenters. The van der Waals surface area contributed by atoms with Crippen molar-refractivity contribution in [3.8, 4) is 22.3 Å². The third-order valence-corrected chi connectivity index (χ3v) is 7.25. The van der Waals surface area contributed by atoms with Gasteiger partial charge in [0.1, 0.15) is 11.7 Å². The zero-order chi connectivity index (χ0) is 28.9. The molecule has 0 bridgehead atoms. The molecule has 1 saturated heterocycles. The van der Waals surface area contributed by atoms with E-state index in [4.69, 9.17) is 0 Å². The van der Waals surface area contributed by atoms with Gasteiger partial charge in [-0.25, -0.2) is 18.3 Å². The van der Waals surface area contributed by atoms with Crippen LogP contribution in [0.3, 0.4) is 0 Å². The molecule has 41 heavy (non-hydrogen) atoms. The zero-order valence-corrected chi connectivity index (χ0v) is 21.7. The van der Waals surface area contributed by atoms with Gasteiger partial charge in [0.15, 0.2) is 11.6 Å². The second-order valence-electron chi connectivity index (χ2n) is 9.89. The maximum atomic E-state index is 14.7. The van der Waals surface area contributed by atoms with Crippen LogP contribution in [0.2, 0.25) is 0 Å². The lowest BCUT2D eigenvalue weighted by Crippen LogP contribution is -2.44. The highest BCUT2D eigenvalue weighted by Gasteiger charge is 2.37. The number of rotatable bonds is 5. The zero-order valence-electron chi connectivity index (χ0n) is 21.7. The Bertz CT molecular complexity index is 1770. The number of benzene rings is 1. The molecule has 212 valence electrons. The predicted molar refractivity (Wildman–Crippen MR) is 144 cm³/mol. The molecule has 13 heteroatoms. The Morgan fingerprint density at radius 1 is 1.05 bits per heavy atom. The van der Waals surface area contributed by atoms with E-state index in [-0.39, 0.29) is 11.3 Å². The minimum atomic E-state index is -4.59. The van der Waals surface area contributed by atoms with Crippen LogP contribution in [0.4, 0.5) is 27.6 Å². The van der Waals surface area contributed by atoms with E-state index in [0.29, 0.717) is 65.0 Å². The van der Waals surface area contributed by atoms with Crippen LogP contribution >= 0.6 is 0 Å². The minimum Gasteiger partial charge on any atom is -0.367 e. The Kier molecular flexibility index (Phi) is 6.60. The summed E-state index contributed by atoms with van der Waals surface area (Å²) in [5, 5.41) is 9.92. The Balaban J connectivity index is 1.38. The second kappa shape index (κ2) is 10.1. The van der Waals surface area contributed by atoms with E-state index in [2.05, 4.69) is 20.4 Å². The summed E-state index contributed by atoms with van der Waals surface area (Å²) in [7, 11) is 0. The molecule has 1 amide bonds. The number of amides is 1. The summed E-state index contributed by atoms with van der Waals surface area (Å²) in [4.78, 5) is 22.0. The van der Waals surface area contributed by atoms with E-state index in [1.807, 2.05) is 11.4 Å². The highest BCUT2D eigenvalue weighted by molar-refractivity contribution is 6.02. The SMILES string of the molecule is C[C@@H](NC(=O)c1cnn2ccc(-c3c[nH]c4ncc(-c5cc(F)c(F)c(N6CCNCC6)c5)cc34)cc12)C(F)(F)F. The Labute approximate surface area is 230 Å². The molecule has 1 aromatic carbocycles. The number of aromatic amines is 1. The molecule has 1 aliphatic rings. The van der Waals surface area contributed by atoms with Crippen LogP contribution in [0.15, 0.2) is 55.1 Å². The number of fused-ring (bicyclic) bond motifs is 2. The maximum Gasteiger partial charge on any atom is 0.408 e. The summed E-state index contributed by atoms with van der Waals surface area (Å²) < 4.78 is 69.8. The van der Waals surface area contributed by atoms with Gasteiger partial charge in [-0.15, -0.1) is 0 Å². The van der Waals surface area contributed by atoms with Gasteiger partial charge in [-0.2, -0.15) is 18.3 Å². The van der Waals surface area contributed by atoms with E-state index in [9.17, 15) is 26.7 Å². The highest BCUT2D eigenvalue weighted by Crippen LogP contribution is 2.34. The Morgan fingerprint density at radius 2 is 1.83 bits per heavy atom. The number of piperazine rings is 1. The predicted octanol–water partition coefficient (Wildman–Crippen LogP) is 4.91. The quantitative estimate of drug-likeness (QED) is 0.262. The fourth-order valence-electron chi connectivity index (χ4n) is 4.96. The second-order valence-corrected chi connectivity index (χ2v) is 9.89. The van der Waals surface area contributed by atoms with Crippen molar-refractivity contribution < 1.29 is 26.7 Å². The smallest absolute Gasteiger partial charge is 0.367 e. The molecule has 0 unspecified atom stereocenters. The minimum absolute atomic E-state index is 0.0103. The van der Waals surface area contributed by atoms with E-state index in [0.717, 1.165) is 13.0 Å². The largest absolute Gasteiger partial charge is 0.408 e. The molecule has 5 aromatic rings. The molecule has 3 N–H and O–H groups in total. The van der Waals surface area contributed by atoms with Crippen molar-refractivity contribution in [2.24, 2.45) is 0 Å². The molecule has 0 saturated carbocycles. The number of carbonyl (C=O) groups excluding carboxylic acids is 1. The number of alkyl halides is 3. The maximum absolute atomic E-state index is 14.7. The van der Waals surface area contributed by atoms with Crippen molar-refractivity contribution in [2.75, 3.05) is 31.1 Å². The topological polar surface area (TPSA) is 90.4 Å². The van der Waals surface area contributed by atoms with Crippen LogP contribution in [0.5, 0.6) is 0 Å². The molecular weight excluding hydrogens is 545 g/mol. The molecule has 1 aliphatic heterocycles. The molecule has 5 heterocycles. The standard InChI is InChI=1S/C28H24F5N7O/c1-15(28(31,32)33)38-27(41)21-14-37-40-5-2-16(10-23(21)40)20-13-36-26-19(20)8-18(12-35-26)17-9-22(29)25(30)24(11-17)39-6-3-34-4-7-39/h2,5,8-15,34H,3-4,6-7H2,1H3,(H,35,36)(H,38,41)/t15-/m1/s1. The van der Waals surface area contributed by atoms with E-state index >= 15 is 0 Å². The van der Waals surface area contributed by atoms with Gasteiger partial charge in [0.05, 0.1) is 23.0 Å². The van der Waals surface area contributed by atoms with Gasteiger partial charge in [0, 0.05) is 61.3 Å². The normalized spacial score (nSPS) is 15.0. The van der Waals surface area contributed by atoms with Crippen LogP contribution in [0.1, 0.15) is 17.3 Å². The average Bonchev–Trinajstić information content (AvgIpc) is 3.58. The lowest BCUT2D eigenvalue weighted by molar-refractivity contribution is -0.149. The fraction of sp³-hybridized carbons (Fsp3) is 0.250. The summed E-state index contributed by atoms with van der Waals surface area (Å²) in [5.41, 5.74) is 3.40. The summed E-state index contributed by atoms with van der Waals surface area (Å²) >= 11 is 0. The van der Waals surface area contributed by atoms with Crippen LogP contribution in [-0.2, 0) is 0 Å². The summed E-state index contributed by atoms with van der Waals surface area (Å²) in [5.74, 6) is -2.75. The van der Waals surface area contributed by atoms with Gasteiger partial charge in [-0.05, 0) is 48.4 Å². The van der Waals surface area contributed by atoms with Crippen LogP contribution < -0.4 is 15.5 Å². The van der Waals surface area contributed by atoms with Gasteiger partial charge < -0.3 is 20.5 Å². The van der Waals surface area contributed by atoms with Crippen molar-refractivity contribution in [2.45, 2.75) is 19.1 Å². The van der Waals surface area contributed by atoms with Crippen LogP contribution in [-0.4, -0.2) is 63.9 Å². The number of nitrogens with one attached hydrogen (secondary N) is 3. The molecular formula is C28H24F5N7O. The molecule has 6 rings (SSSR count). The molecule has 0 radical (unpaired) electrons. The van der Waals surface area contributed by atoms with Gasteiger partial charge in [-0.3, -0.25) is 4.79 Å². The van der Waals surface area contributed by atoms with Gasteiger partial charge >= 0.3 is 6.18 Å². The van der Waals surface area contributed by atoms with Gasteiger partial charge in [0.2, 0.25) is 0 Å². The molecule has 0 spiro atoms. The van der Waals surface area contributed by atoms with Crippen molar-refractivity contribution in [3.63, 3.8) is 0 Å². The van der Waals surface area contributed by atoms with Crippen LogP contribution in [0.25, 0.3) is 38.8 Å². The number of hydrogen-bond donors (Lipinski definition) is 3. The monoisotopic (exact) mass is 569 g/mol. The lowest BCUT2D eigenvalue weighted by atomic mass is 10.0. The summed E-state index contributed by atoms with van der Waals surface area (Å²) in [6.45, 7) is 3.29. The Hall–Kier alpha value is -4.52. The summed E-state index contributed by atoms with van der Waals surface area (Å²) in [6, 6.07) is 5.92. The number of anilines is 1. The lowest BCUT2D eigenvalue weighted by Gasteiger charge is -2.30. The summed E-state index contributed by atoms with van der Waals surface area (Å²) in [6.07, 6.45) is 1.51. The molecule has 1 fully saturated rings. The third kappa shape index (κ3) is 4.97. The first-order chi connectivity index (χ1) is 19.6. The van der Waals surface area contributed by atoms with Crippen molar-refractivity contribution in [1.29, 1.82) is 0 Å². The Morgan fingerprint density at radius 3 is 2.59 bits per heavy atom. The first-order valence-electron chi connectivity index (χ1n) is 12.9. The number of aromatic nitrogens is 4. The molecule has 4 aromatic heterocycles. The van der Waals surface area contributed by atoms with Gasteiger partial charge in [0.25, 0.3) is 5.91 Å². The van der Waals surface area contributed by atoms with Crippen molar-refractivity contribution in [3.05, 3.63) is 72.3 Å².